The molecule has 2 heterocycles. The third-order valence-corrected chi connectivity index (χ3v) is 3.14. The van der Waals surface area contributed by atoms with E-state index in [0.717, 1.165) is 39.5 Å². The van der Waals surface area contributed by atoms with Crippen molar-refractivity contribution >= 4 is 23.2 Å². The quantitative estimate of drug-likeness (QED) is 0.732. The van der Waals surface area contributed by atoms with E-state index in [0.29, 0.717) is 0 Å². The summed E-state index contributed by atoms with van der Waals surface area (Å²) in [5.41, 5.74) is 2.87. The molecule has 0 atom stereocenters. The largest absolute Gasteiger partial charge is 0.337 e. The Labute approximate surface area is 110 Å². The van der Waals surface area contributed by atoms with Gasteiger partial charge in [0.2, 0.25) is 0 Å². The van der Waals surface area contributed by atoms with Gasteiger partial charge >= 0.3 is 0 Å². The predicted molar refractivity (Wildman–Crippen MR) is 77.8 cm³/mol. The molecule has 0 spiro atoms. The van der Waals surface area contributed by atoms with Crippen molar-refractivity contribution in [3.63, 3.8) is 0 Å². The van der Waals surface area contributed by atoms with E-state index in [1.165, 1.54) is 0 Å². The van der Waals surface area contributed by atoms with Crippen LogP contribution in [0.2, 0.25) is 0 Å². The van der Waals surface area contributed by atoms with Gasteiger partial charge in [-0.2, -0.15) is 5.10 Å². The van der Waals surface area contributed by atoms with Crippen molar-refractivity contribution < 1.29 is 0 Å². The van der Waals surface area contributed by atoms with E-state index in [2.05, 4.69) is 39.2 Å². The Hall–Kier alpha value is -2.36. The number of nitrogens with one attached hydrogen (secondary N) is 2. The molecule has 0 aliphatic heterocycles. The molecule has 19 heavy (non-hydrogen) atoms. The lowest BCUT2D eigenvalue weighted by atomic mass is 10.2. The molecule has 1 aromatic carbocycles. The number of imidazole rings is 1. The smallest absolute Gasteiger partial charge is 0.159 e. The molecule has 3 rings (SSSR count). The van der Waals surface area contributed by atoms with E-state index < -0.39 is 0 Å². The van der Waals surface area contributed by atoms with Crippen molar-refractivity contribution in [2.45, 2.75) is 20.3 Å². The van der Waals surface area contributed by atoms with Crippen molar-refractivity contribution in [1.29, 1.82) is 0 Å². The summed E-state index contributed by atoms with van der Waals surface area (Å²) in [4.78, 5) is 7.91. The molecule has 0 aliphatic rings. The zero-order valence-corrected chi connectivity index (χ0v) is 11.1. The lowest BCUT2D eigenvalue weighted by molar-refractivity contribution is 1.05. The third kappa shape index (κ3) is 1.95. The normalized spacial score (nSPS) is 13.6. The highest BCUT2D eigenvalue weighted by Gasteiger charge is 2.09. The number of hydrogen-bond acceptors (Lipinski definition) is 2. The number of rotatable bonds is 2. The van der Waals surface area contributed by atoms with Crippen LogP contribution in [0.4, 0.5) is 0 Å². The highest BCUT2D eigenvalue weighted by molar-refractivity contribution is 5.78. The maximum absolute atomic E-state index is 4.59. The van der Waals surface area contributed by atoms with Crippen LogP contribution < -0.4 is 10.6 Å². The Morgan fingerprint density at radius 3 is 2.84 bits per heavy atom. The monoisotopic (exact) mass is 252 g/mol. The van der Waals surface area contributed by atoms with Crippen molar-refractivity contribution in [2.24, 2.45) is 0 Å². The van der Waals surface area contributed by atoms with Crippen LogP contribution in [0.3, 0.4) is 0 Å². The van der Waals surface area contributed by atoms with Crippen molar-refractivity contribution in [3.05, 3.63) is 34.8 Å². The van der Waals surface area contributed by atoms with Gasteiger partial charge in [0.1, 0.15) is 5.69 Å². The van der Waals surface area contributed by atoms with Crippen LogP contribution in [0.15, 0.2) is 24.3 Å². The number of benzene rings is 1. The lowest BCUT2D eigenvalue weighted by Crippen LogP contribution is -2.23. The maximum atomic E-state index is 4.59. The predicted octanol–water partition coefficient (Wildman–Crippen LogP) is 1.94. The van der Waals surface area contributed by atoms with E-state index in [-0.39, 0.29) is 0 Å². The fraction of sp³-hybridized carbons (Fsp3) is 0.200. The summed E-state index contributed by atoms with van der Waals surface area (Å²) in [7, 11) is 0. The average molecular weight is 252 g/mol. The summed E-state index contributed by atoms with van der Waals surface area (Å²) >= 11 is 0. The van der Waals surface area contributed by atoms with Crippen LogP contribution in [-0.2, 0) is 0 Å². The molecule has 4 nitrogen and oxygen atoms in total. The molecule has 0 unspecified atom stereocenters. The molecule has 2 N–H and O–H groups in total. The zero-order valence-electron chi connectivity index (χ0n) is 11.1. The Balaban J connectivity index is 2.25. The van der Waals surface area contributed by atoms with Crippen LogP contribution >= 0.6 is 0 Å². The minimum Gasteiger partial charge on any atom is -0.337 e. The van der Waals surface area contributed by atoms with Gasteiger partial charge in [0.15, 0.2) is 5.82 Å². The molecule has 4 heteroatoms. The lowest BCUT2D eigenvalue weighted by Gasteiger charge is -1.88. The number of aromatic nitrogens is 4. The SMILES string of the molecule is C/C=c1/c(-c2nc3ccccc3[nH]2)n[nH]/c1=C/CC. The first-order valence-corrected chi connectivity index (χ1v) is 6.49. The topological polar surface area (TPSA) is 57.4 Å². The first-order valence-electron chi connectivity index (χ1n) is 6.49. The summed E-state index contributed by atoms with van der Waals surface area (Å²) in [5.74, 6) is 0.807. The van der Waals surface area contributed by atoms with Crippen LogP contribution in [0.1, 0.15) is 20.3 Å². The molecular weight excluding hydrogens is 236 g/mol. The number of fused-ring (bicyclic) bond motifs is 1. The van der Waals surface area contributed by atoms with E-state index in [9.17, 15) is 0 Å². The molecule has 0 saturated carbocycles. The minimum atomic E-state index is 0.807. The molecule has 96 valence electrons. The Bertz CT molecular complexity index is 790. The second-order valence-corrected chi connectivity index (χ2v) is 4.40. The zero-order chi connectivity index (χ0) is 13.2. The molecule has 0 bridgehead atoms. The summed E-state index contributed by atoms with van der Waals surface area (Å²) in [6, 6.07) is 8.00. The van der Waals surface area contributed by atoms with Gasteiger partial charge in [-0.25, -0.2) is 4.98 Å². The molecule has 0 amide bonds. The van der Waals surface area contributed by atoms with Gasteiger partial charge in [-0.15, -0.1) is 0 Å². The molecule has 0 saturated heterocycles. The van der Waals surface area contributed by atoms with Gasteiger partial charge in [-0.1, -0.05) is 31.2 Å². The first-order chi connectivity index (χ1) is 9.33. The summed E-state index contributed by atoms with van der Waals surface area (Å²) in [5, 5.41) is 9.62. The minimum absolute atomic E-state index is 0.807. The number of aromatic amines is 2. The molecule has 2 aromatic heterocycles. The molecule has 0 aliphatic carbocycles. The second-order valence-electron chi connectivity index (χ2n) is 4.40. The third-order valence-electron chi connectivity index (χ3n) is 3.14. The Kier molecular flexibility index (Phi) is 2.91. The fourth-order valence-electron chi connectivity index (χ4n) is 2.26. The van der Waals surface area contributed by atoms with Crippen molar-refractivity contribution in [2.75, 3.05) is 0 Å². The second kappa shape index (κ2) is 4.72. The maximum Gasteiger partial charge on any atom is 0.159 e. The molecular formula is C15H16N4. The molecule has 3 aromatic rings. The number of H-pyrrole nitrogens is 2. The Morgan fingerprint density at radius 1 is 1.26 bits per heavy atom. The highest BCUT2D eigenvalue weighted by atomic mass is 15.1. The van der Waals surface area contributed by atoms with E-state index in [1.807, 2.05) is 31.2 Å². The molecule has 0 fully saturated rings. The Morgan fingerprint density at radius 2 is 2.11 bits per heavy atom. The summed E-state index contributed by atoms with van der Waals surface area (Å²) < 4.78 is 0. The highest BCUT2D eigenvalue weighted by Crippen LogP contribution is 2.15. The van der Waals surface area contributed by atoms with Crippen LogP contribution in [0, 0.1) is 0 Å². The standard InChI is InChI=1S/C15H16N4/c1-3-7-11-10(4-2)14(19-18-11)15-16-12-8-5-6-9-13(12)17-15/h4-9,18H,3H2,1-2H3,(H,16,17)/b10-4+,11-7+. The van der Waals surface area contributed by atoms with Crippen molar-refractivity contribution in [3.8, 4) is 11.5 Å². The van der Waals surface area contributed by atoms with E-state index in [4.69, 9.17) is 0 Å². The summed E-state index contributed by atoms with van der Waals surface area (Å²) in [6.07, 6.45) is 5.17. The van der Waals surface area contributed by atoms with Gasteiger partial charge < -0.3 is 4.98 Å². The first kappa shape index (κ1) is 11.7. The number of nitrogens with zero attached hydrogens (tertiary/aromatic N) is 2. The van der Waals surface area contributed by atoms with Gasteiger partial charge in [0.25, 0.3) is 0 Å². The van der Waals surface area contributed by atoms with Gasteiger partial charge in [-0.3, -0.25) is 5.10 Å². The summed E-state index contributed by atoms with van der Waals surface area (Å²) in [6.45, 7) is 4.13. The van der Waals surface area contributed by atoms with E-state index >= 15 is 0 Å². The van der Waals surface area contributed by atoms with Crippen molar-refractivity contribution in [1.82, 2.24) is 20.2 Å². The molecule has 0 radical (unpaired) electrons. The van der Waals surface area contributed by atoms with Gasteiger partial charge in [0.05, 0.1) is 16.4 Å². The average Bonchev–Trinajstić information content (AvgIpc) is 3.01. The van der Waals surface area contributed by atoms with Gasteiger partial charge in [-0.05, 0) is 25.5 Å². The number of para-hydroxylation sites is 2. The number of hydrogen-bond donors (Lipinski definition) is 2. The fourth-order valence-corrected chi connectivity index (χ4v) is 2.26. The van der Waals surface area contributed by atoms with E-state index in [1.54, 1.807) is 0 Å². The van der Waals surface area contributed by atoms with Gasteiger partial charge in [0, 0.05) is 5.22 Å². The van der Waals surface area contributed by atoms with Crippen LogP contribution in [0.25, 0.3) is 34.7 Å². The van der Waals surface area contributed by atoms with Crippen LogP contribution in [0.5, 0.6) is 0 Å². The van der Waals surface area contributed by atoms with Crippen LogP contribution in [-0.4, -0.2) is 20.2 Å².